The van der Waals surface area contributed by atoms with Gasteiger partial charge in [0.05, 0.1) is 18.9 Å². The molecule has 2 unspecified atom stereocenters. The van der Waals surface area contributed by atoms with Gasteiger partial charge < -0.3 is 4.74 Å². The van der Waals surface area contributed by atoms with Gasteiger partial charge >= 0.3 is 0 Å². The number of methoxy groups -OCH3 is 1. The van der Waals surface area contributed by atoms with Gasteiger partial charge in [-0.25, -0.2) is 0 Å². The molecule has 2 atom stereocenters. The maximum Gasteiger partial charge on any atom is 0.118 e. The van der Waals surface area contributed by atoms with Crippen LogP contribution in [0.2, 0.25) is 0 Å². The van der Waals surface area contributed by atoms with Crippen LogP contribution in [0.5, 0.6) is 5.75 Å². The molecule has 2 aliphatic rings. The molecular formula is C19H20N2O. The fourth-order valence-corrected chi connectivity index (χ4v) is 3.81. The van der Waals surface area contributed by atoms with Crippen molar-refractivity contribution in [2.45, 2.75) is 18.9 Å². The third-order valence-corrected chi connectivity index (χ3v) is 4.88. The van der Waals surface area contributed by atoms with Gasteiger partial charge in [0.1, 0.15) is 5.75 Å². The normalized spacial score (nSPS) is 22.8. The van der Waals surface area contributed by atoms with Crippen LogP contribution in [-0.4, -0.2) is 24.9 Å². The van der Waals surface area contributed by atoms with Gasteiger partial charge in [-0.15, -0.1) is 0 Å². The number of rotatable bonds is 2. The highest BCUT2D eigenvalue weighted by molar-refractivity contribution is 6.05. The van der Waals surface area contributed by atoms with Gasteiger partial charge in [-0.2, -0.15) is 5.10 Å². The minimum Gasteiger partial charge on any atom is -0.497 e. The quantitative estimate of drug-likeness (QED) is 0.844. The summed E-state index contributed by atoms with van der Waals surface area (Å²) in [4.78, 5) is 0. The molecule has 0 fully saturated rings. The van der Waals surface area contributed by atoms with E-state index in [9.17, 15) is 0 Å². The lowest BCUT2D eigenvalue weighted by molar-refractivity contribution is 0.243. The first kappa shape index (κ1) is 13.4. The highest BCUT2D eigenvalue weighted by Gasteiger charge is 2.39. The Bertz CT molecular complexity index is 720. The van der Waals surface area contributed by atoms with E-state index in [1.165, 1.54) is 22.4 Å². The number of fused-ring (bicyclic) bond motifs is 3. The zero-order valence-corrected chi connectivity index (χ0v) is 13.0. The Kier molecular flexibility index (Phi) is 3.14. The van der Waals surface area contributed by atoms with E-state index in [2.05, 4.69) is 48.5 Å². The molecule has 1 aliphatic heterocycles. The zero-order valence-electron chi connectivity index (χ0n) is 13.0. The van der Waals surface area contributed by atoms with Gasteiger partial charge in [-0.05, 0) is 36.1 Å². The van der Waals surface area contributed by atoms with Gasteiger partial charge in [-0.1, -0.05) is 36.4 Å². The summed E-state index contributed by atoms with van der Waals surface area (Å²) in [6.45, 7) is 0. The van der Waals surface area contributed by atoms with E-state index in [0.29, 0.717) is 12.0 Å². The lowest BCUT2D eigenvalue weighted by Gasteiger charge is -2.29. The Hall–Kier alpha value is -2.29. The summed E-state index contributed by atoms with van der Waals surface area (Å²) in [6.07, 6.45) is 2.30. The lowest BCUT2D eigenvalue weighted by Crippen LogP contribution is -2.27. The van der Waals surface area contributed by atoms with Crippen molar-refractivity contribution in [1.82, 2.24) is 5.01 Å². The van der Waals surface area contributed by atoms with Gasteiger partial charge in [0.2, 0.25) is 0 Å². The standard InChI is InChI=1S/C19H20N2O/c1-21-19(14-7-10-15(22-2)11-8-14)17-12-9-13-5-3-4-6-16(13)18(17)20-21/h3-8,10-11,17,19H,9,12H2,1-2H3. The summed E-state index contributed by atoms with van der Waals surface area (Å²) in [5.41, 5.74) is 5.33. The van der Waals surface area contributed by atoms with Crippen LogP contribution in [0.15, 0.2) is 53.6 Å². The molecule has 22 heavy (non-hydrogen) atoms. The largest absolute Gasteiger partial charge is 0.497 e. The Balaban J connectivity index is 1.70. The molecule has 0 saturated carbocycles. The number of hydrogen-bond donors (Lipinski definition) is 0. The molecule has 3 nitrogen and oxygen atoms in total. The van der Waals surface area contributed by atoms with E-state index in [-0.39, 0.29) is 0 Å². The second-order valence-electron chi connectivity index (χ2n) is 6.08. The Morgan fingerprint density at radius 1 is 1.09 bits per heavy atom. The van der Waals surface area contributed by atoms with Crippen molar-refractivity contribution in [1.29, 1.82) is 0 Å². The van der Waals surface area contributed by atoms with Gasteiger partial charge in [-0.3, -0.25) is 5.01 Å². The van der Waals surface area contributed by atoms with Crippen molar-refractivity contribution in [3.8, 4) is 5.75 Å². The summed E-state index contributed by atoms with van der Waals surface area (Å²) in [5, 5.41) is 7.00. The topological polar surface area (TPSA) is 24.8 Å². The van der Waals surface area contributed by atoms with Crippen LogP contribution in [0.4, 0.5) is 0 Å². The van der Waals surface area contributed by atoms with Gasteiger partial charge in [0.25, 0.3) is 0 Å². The van der Waals surface area contributed by atoms with Crippen molar-refractivity contribution in [3.05, 3.63) is 65.2 Å². The van der Waals surface area contributed by atoms with Gasteiger partial charge in [0.15, 0.2) is 0 Å². The summed E-state index contributed by atoms with van der Waals surface area (Å²) >= 11 is 0. The molecule has 1 heterocycles. The first-order valence-electron chi connectivity index (χ1n) is 7.81. The summed E-state index contributed by atoms with van der Waals surface area (Å²) in [5.74, 6) is 1.38. The Morgan fingerprint density at radius 2 is 1.86 bits per heavy atom. The van der Waals surface area contributed by atoms with Crippen molar-refractivity contribution in [3.63, 3.8) is 0 Å². The summed E-state index contributed by atoms with van der Waals surface area (Å²) in [7, 11) is 3.79. The second-order valence-corrected chi connectivity index (χ2v) is 6.08. The zero-order chi connectivity index (χ0) is 15.1. The first-order valence-corrected chi connectivity index (χ1v) is 7.81. The molecule has 0 amide bonds. The second kappa shape index (κ2) is 5.16. The van der Waals surface area contributed by atoms with Crippen molar-refractivity contribution in [2.24, 2.45) is 11.0 Å². The van der Waals surface area contributed by atoms with Crippen molar-refractivity contribution in [2.75, 3.05) is 14.2 Å². The third kappa shape index (κ3) is 2.00. The highest BCUT2D eigenvalue weighted by Crippen LogP contribution is 2.42. The van der Waals surface area contributed by atoms with Crippen LogP contribution in [0.25, 0.3) is 0 Å². The maximum atomic E-state index is 5.27. The molecule has 0 spiro atoms. The van der Waals surface area contributed by atoms with Crippen LogP contribution in [-0.2, 0) is 6.42 Å². The fraction of sp³-hybridized carbons (Fsp3) is 0.316. The van der Waals surface area contributed by atoms with Crippen molar-refractivity contribution >= 4 is 5.71 Å². The third-order valence-electron chi connectivity index (χ3n) is 4.88. The number of aryl methyl sites for hydroxylation is 1. The highest BCUT2D eigenvalue weighted by atomic mass is 16.5. The number of ether oxygens (including phenoxy) is 1. The van der Waals surface area contributed by atoms with E-state index < -0.39 is 0 Å². The van der Waals surface area contributed by atoms with Crippen LogP contribution >= 0.6 is 0 Å². The lowest BCUT2D eigenvalue weighted by atomic mass is 9.77. The fourth-order valence-electron chi connectivity index (χ4n) is 3.81. The molecule has 0 saturated heterocycles. The molecule has 4 rings (SSSR count). The Morgan fingerprint density at radius 3 is 2.64 bits per heavy atom. The summed E-state index contributed by atoms with van der Waals surface area (Å²) in [6, 6.07) is 17.4. The molecule has 3 heteroatoms. The molecule has 0 radical (unpaired) electrons. The number of hydrazone groups is 1. The number of benzene rings is 2. The minimum absolute atomic E-state index is 0.328. The van der Waals surface area contributed by atoms with E-state index >= 15 is 0 Å². The first-order chi connectivity index (χ1) is 10.8. The average molecular weight is 292 g/mol. The molecule has 2 aromatic carbocycles. The predicted octanol–water partition coefficient (Wildman–Crippen LogP) is 3.65. The molecular weight excluding hydrogens is 272 g/mol. The van der Waals surface area contributed by atoms with Crippen LogP contribution in [0.3, 0.4) is 0 Å². The van der Waals surface area contributed by atoms with E-state index in [4.69, 9.17) is 9.84 Å². The summed E-state index contributed by atoms with van der Waals surface area (Å²) < 4.78 is 5.27. The molecule has 1 aliphatic carbocycles. The minimum atomic E-state index is 0.328. The van der Waals surface area contributed by atoms with E-state index in [1.807, 2.05) is 12.1 Å². The van der Waals surface area contributed by atoms with Crippen LogP contribution < -0.4 is 4.74 Å². The molecule has 0 aromatic heterocycles. The monoisotopic (exact) mass is 292 g/mol. The number of nitrogens with zero attached hydrogens (tertiary/aromatic N) is 2. The smallest absolute Gasteiger partial charge is 0.118 e. The van der Waals surface area contributed by atoms with Crippen molar-refractivity contribution < 1.29 is 4.74 Å². The van der Waals surface area contributed by atoms with Crippen LogP contribution in [0, 0.1) is 5.92 Å². The molecule has 0 N–H and O–H groups in total. The van der Waals surface area contributed by atoms with Gasteiger partial charge in [0, 0.05) is 18.5 Å². The molecule has 0 bridgehead atoms. The SMILES string of the molecule is COc1ccc(C2C3CCc4ccccc4C3=NN2C)cc1. The predicted molar refractivity (Wildman–Crippen MR) is 88.3 cm³/mol. The number of hydrogen-bond acceptors (Lipinski definition) is 3. The van der Waals surface area contributed by atoms with E-state index in [1.54, 1.807) is 7.11 Å². The van der Waals surface area contributed by atoms with Crippen LogP contribution in [0.1, 0.15) is 29.2 Å². The molecule has 112 valence electrons. The maximum absolute atomic E-state index is 5.27. The average Bonchev–Trinajstić information content (AvgIpc) is 2.91. The Labute approximate surface area is 131 Å². The van der Waals surface area contributed by atoms with E-state index in [0.717, 1.165) is 18.6 Å². The molecule has 2 aromatic rings.